The van der Waals surface area contributed by atoms with Gasteiger partial charge in [-0.25, -0.2) is 12.8 Å². The summed E-state index contributed by atoms with van der Waals surface area (Å²) in [7, 11) is 1.00. The van der Waals surface area contributed by atoms with E-state index in [2.05, 4.69) is 5.32 Å². The maximum Gasteiger partial charge on any atom is 0.261 e. The summed E-state index contributed by atoms with van der Waals surface area (Å²) in [4.78, 5) is 11.4. The van der Waals surface area contributed by atoms with Gasteiger partial charge in [-0.15, -0.1) is 0 Å². The van der Waals surface area contributed by atoms with Gasteiger partial charge in [-0.1, -0.05) is 31.4 Å². The molecule has 0 aliphatic carbocycles. The lowest BCUT2D eigenvalue weighted by Crippen LogP contribution is -2.25. The Hall–Kier alpha value is -0.850. The zero-order valence-electron chi connectivity index (χ0n) is 10.8. The van der Waals surface area contributed by atoms with Crippen LogP contribution in [-0.2, 0) is 9.05 Å². The lowest BCUT2D eigenvalue weighted by atomic mass is 10.2. The number of rotatable bonds is 6. The molecule has 1 amide bonds. The number of carbonyl (C=O) groups is 1. The highest BCUT2D eigenvalue weighted by Crippen LogP contribution is 2.26. The Kier molecular flexibility index (Phi) is 6.23. The molecule has 1 N–H and O–H groups in total. The van der Waals surface area contributed by atoms with Gasteiger partial charge in [0.05, 0.1) is 15.5 Å². The van der Waals surface area contributed by atoms with Crippen LogP contribution in [0.3, 0.4) is 0 Å². The van der Waals surface area contributed by atoms with Gasteiger partial charge in [-0.05, 0) is 18.6 Å². The average Bonchev–Trinajstić information content (AvgIpc) is 2.36. The second-order valence-electron chi connectivity index (χ2n) is 4.17. The van der Waals surface area contributed by atoms with E-state index in [-0.39, 0.29) is 5.56 Å². The largest absolute Gasteiger partial charge is 0.352 e. The van der Waals surface area contributed by atoms with Gasteiger partial charge in [0.2, 0.25) is 0 Å². The van der Waals surface area contributed by atoms with Gasteiger partial charge in [0.1, 0.15) is 5.82 Å². The first kappa shape index (κ1) is 17.2. The van der Waals surface area contributed by atoms with E-state index in [0.29, 0.717) is 12.6 Å². The third kappa shape index (κ3) is 4.61. The van der Waals surface area contributed by atoms with Crippen LogP contribution in [0.2, 0.25) is 5.02 Å². The Balaban J connectivity index is 2.99. The number of amides is 1. The Labute approximate surface area is 126 Å². The molecule has 0 unspecified atom stereocenters. The predicted octanol–water partition coefficient (Wildman–Crippen LogP) is 3.33. The first-order chi connectivity index (χ1) is 9.27. The molecule has 0 fully saturated rings. The molecule has 0 aliphatic heterocycles. The fourth-order valence-corrected chi connectivity index (χ4v) is 2.51. The molecule has 0 heterocycles. The molecule has 1 rings (SSSR count). The molecular weight excluding hydrogens is 328 g/mol. The summed E-state index contributed by atoms with van der Waals surface area (Å²) in [6, 6.07) is 1.64. The number of benzene rings is 1. The standard InChI is InChI=1S/C12H14Cl2FNO3S/c1-2-3-4-5-16-12(17)9-6-8(20(14,18)19)7-10(15)11(9)13/h6-7H,2-5H2,1H3,(H,16,17). The van der Waals surface area contributed by atoms with Gasteiger partial charge in [0, 0.05) is 17.2 Å². The van der Waals surface area contributed by atoms with Crippen LogP contribution in [0.25, 0.3) is 0 Å². The first-order valence-corrected chi connectivity index (χ1v) is 8.68. The third-order valence-electron chi connectivity index (χ3n) is 2.59. The molecule has 0 aromatic heterocycles. The summed E-state index contributed by atoms with van der Waals surface area (Å²) >= 11 is 5.68. The maximum atomic E-state index is 13.5. The SMILES string of the molecule is CCCCCNC(=O)c1cc(S(=O)(=O)Cl)cc(F)c1Cl. The normalized spacial score (nSPS) is 11.4. The lowest BCUT2D eigenvalue weighted by molar-refractivity contribution is 0.0952. The van der Waals surface area contributed by atoms with Crippen LogP contribution >= 0.6 is 22.3 Å². The zero-order chi connectivity index (χ0) is 15.3. The van der Waals surface area contributed by atoms with Crippen LogP contribution < -0.4 is 5.32 Å². The number of unbranched alkanes of at least 4 members (excludes halogenated alkanes) is 2. The molecule has 20 heavy (non-hydrogen) atoms. The van der Waals surface area contributed by atoms with Crippen molar-refractivity contribution in [2.45, 2.75) is 31.1 Å². The van der Waals surface area contributed by atoms with E-state index >= 15 is 0 Å². The number of hydrogen-bond acceptors (Lipinski definition) is 3. The summed E-state index contributed by atoms with van der Waals surface area (Å²) in [5, 5.41) is 2.12. The van der Waals surface area contributed by atoms with Gasteiger partial charge in [-0.2, -0.15) is 0 Å². The molecule has 0 saturated carbocycles. The molecular formula is C12H14Cl2FNO3S. The summed E-state index contributed by atoms with van der Waals surface area (Å²) in [6.45, 7) is 2.42. The molecule has 8 heteroatoms. The van der Waals surface area contributed by atoms with E-state index in [0.717, 1.165) is 25.3 Å². The fourth-order valence-electron chi connectivity index (χ4n) is 1.54. The van der Waals surface area contributed by atoms with E-state index < -0.39 is 30.7 Å². The maximum absolute atomic E-state index is 13.5. The van der Waals surface area contributed by atoms with Gasteiger partial charge in [0.25, 0.3) is 15.0 Å². The quantitative estimate of drug-likeness (QED) is 0.637. The van der Waals surface area contributed by atoms with Crippen molar-refractivity contribution in [1.29, 1.82) is 0 Å². The number of carbonyl (C=O) groups excluding carboxylic acids is 1. The van der Waals surface area contributed by atoms with E-state index in [4.69, 9.17) is 22.3 Å². The minimum absolute atomic E-state index is 0.248. The van der Waals surface area contributed by atoms with Crippen LogP contribution in [0.5, 0.6) is 0 Å². The highest BCUT2D eigenvalue weighted by Gasteiger charge is 2.20. The molecule has 0 spiro atoms. The molecule has 112 valence electrons. The Morgan fingerprint density at radius 3 is 2.55 bits per heavy atom. The zero-order valence-corrected chi connectivity index (χ0v) is 13.1. The predicted molar refractivity (Wildman–Crippen MR) is 76.3 cm³/mol. The second-order valence-corrected chi connectivity index (χ2v) is 7.11. The smallest absolute Gasteiger partial charge is 0.261 e. The van der Waals surface area contributed by atoms with Crippen LogP contribution in [-0.4, -0.2) is 20.9 Å². The average molecular weight is 342 g/mol. The van der Waals surface area contributed by atoms with E-state index in [1.165, 1.54) is 0 Å². The number of halogens is 3. The van der Waals surface area contributed by atoms with E-state index in [1.807, 2.05) is 6.92 Å². The van der Waals surface area contributed by atoms with Crippen molar-refractivity contribution >= 4 is 37.2 Å². The van der Waals surface area contributed by atoms with Crippen LogP contribution in [0.4, 0.5) is 4.39 Å². The van der Waals surface area contributed by atoms with E-state index in [9.17, 15) is 17.6 Å². The minimum Gasteiger partial charge on any atom is -0.352 e. The summed E-state index contributed by atoms with van der Waals surface area (Å²) in [5.74, 6) is -1.64. The second kappa shape index (κ2) is 7.24. The highest BCUT2D eigenvalue weighted by atomic mass is 35.7. The molecule has 0 atom stereocenters. The van der Waals surface area contributed by atoms with Crippen molar-refractivity contribution in [3.8, 4) is 0 Å². The molecule has 0 aliphatic rings. The third-order valence-corrected chi connectivity index (χ3v) is 4.31. The summed E-state index contributed by atoms with van der Waals surface area (Å²) in [5.41, 5.74) is -0.248. The van der Waals surface area contributed by atoms with Crippen molar-refractivity contribution in [2.24, 2.45) is 0 Å². The Bertz CT molecular complexity index is 605. The van der Waals surface area contributed by atoms with Crippen molar-refractivity contribution in [2.75, 3.05) is 6.54 Å². The molecule has 0 radical (unpaired) electrons. The molecule has 1 aromatic rings. The highest BCUT2D eigenvalue weighted by molar-refractivity contribution is 8.13. The van der Waals surface area contributed by atoms with Crippen LogP contribution in [0, 0.1) is 5.82 Å². The van der Waals surface area contributed by atoms with E-state index in [1.54, 1.807) is 0 Å². The Morgan fingerprint density at radius 1 is 1.35 bits per heavy atom. The number of hydrogen-bond donors (Lipinski definition) is 1. The summed E-state index contributed by atoms with van der Waals surface area (Å²) in [6.07, 6.45) is 2.71. The monoisotopic (exact) mass is 341 g/mol. The van der Waals surface area contributed by atoms with Crippen LogP contribution in [0.1, 0.15) is 36.5 Å². The van der Waals surface area contributed by atoms with Gasteiger partial charge in [0.15, 0.2) is 0 Å². The van der Waals surface area contributed by atoms with Gasteiger partial charge >= 0.3 is 0 Å². The lowest BCUT2D eigenvalue weighted by Gasteiger charge is -2.08. The molecule has 4 nitrogen and oxygen atoms in total. The Morgan fingerprint density at radius 2 is 2.00 bits per heavy atom. The van der Waals surface area contributed by atoms with Gasteiger partial charge in [-0.3, -0.25) is 4.79 Å². The van der Waals surface area contributed by atoms with Crippen molar-refractivity contribution in [3.05, 3.63) is 28.5 Å². The molecule has 0 bridgehead atoms. The van der Waals surface area contributed by atoms with Crippen molar-refractivity contribution in [3.63, 3.8) is 0 Å². The van der Waals surface area contributed by atoms with Gasteiger partial charge < -0.3 is 5.32 Å². The topological polar surface area (TPSA) is 63.2 Å². The minimum atomic E-state index is -4.13. The van der Waals surface area contributed by atoms with Crippen molar-refractivity contribution in [1.82, 2.24) is 5.32 Å². The fraction of sp³-hybridized carbons (Fsp3) is 0.417. The number of nitrogens with one attached hydrogen (secondary N) is 1. The first-order valence-electron chi connectivity index (χ1n) is 5.99. The molecule has 0 saturated heterocycles. The van der Waals surface area contributed by atoms with Crippen molar-refractivity contribution < 1.29 is 17.6 Å². The summed E-state index contributed by atoms with van der Waals surface area (Å²) < 4.78 is 35.9. The van der Waals surface area contributed by atoms with Crippen LogP contribution in [0.15, 0.2) is 17.0 Å². The molecule has 1 aromatic carbocycles.